The predicted octanol–water partition coefficient (Wildman–Crippen LogP) is 1.21. The molecule has 0 aliphatic carbocycles. The molecule has 2 aromatic rings. The van der Waals surface area contributed by atoms with E-state index in [2.05, 4.69) is 19.9 Å². The standard InChI is InChI=1S/C19H27N5O3S/c25-18(15-23-10-12-26-13-11-23)24-8-6-22(7-9-24)5-1-4-17-20-19(21-27-17)16-3-2-14-28-16/h2-3,14H,1,4-13,15H2. The van der Waals surface area contributed by atoms with E-state index >= 15 is 0 Å². The smallest absolute Gasteiger partial charge is 0.236 e. The summed E-state index contributed by atoms with van der Waals surface area (Å²) >= 11 is 1.61. The summed E-state index contributed by atoms with van der Waals surface area (Å²) in [6.07, 6.45) is 1.77. The number of hydrogen-bond acceptors (Lipinski definition) is 8. The minimum Gasteiger partial charge on any atom is -0.379 e. The van der Waals surface area contributed by atoms with Crippen LogP contribution in [-0.4, -0.2) is 96.3 Å². The Hall–Kier alpha value is -1.81. The van der Waals surface area contributed by atoms with Gasteiger partial charge in [-0.2, -0.15) is 4.98 Å². The van der Waals surface area contributed by atoms with E-state index in [4.69, 9.17) is 9.26 Å². The molecule has 2 saturated heterocycles. The van der Waals surface area contributed by atoms with E-state index in [0.717, 1.165) is 76.7 Å². The highest BCUT2D eigenvalue weighted by atomic mass is 32.1. The average Bonchev–Trinajstić information content (AvgIpc) is 3.41. The first-order chi connectivity index (χ1) is 13.8. The number of carbonyl (C=O) groups excluding carboxylic acids is 1. The molecule has 0 saturated carbocycles. The second-order valence-electron chi connectivity index (χ2n) is 7.20. The van der Waals surface area contributed by atoms with Crippen LogP contribution in [0.15, 0.2) is 22.0 Å². The van der Waals surface area contributed by atoms with Crippen LogP contribution < -0.4 is 0 Å². The molecule has 2 aliphatic heterocycles. The molecule has 0 radical (unpaired) electrons. The van der Waals surface area contributed by atoms with Crippen LogP contribution in [0.5, 0.6) is 0 Å². The fourth-order valence-electron chi connectivity index (χ4n) is 3.59. The SMILES string of the molecule is O=C(CN1CCOCC1)N1CCN(CCCc2nc(-c3cccs3)no2)CC1. The minimum absolute atomic E-state index is 0.244. The molecule has 28 heavy (non-hydrogen) atoms. The number of morpholine rings is 1. The van der Waals surface area contributed by atoms with Crippen LogP contribution in [0.2, 0.25) is 0 Å². The fourth-order valence-corrected chi connectivity index (χ4v) is 4.24. The second-order valence-corrected chi connectivity index (χ2v) is 8.15. The molecule has 0 aromatic carbocycles. The van der Waals surface area contributed by atoms with Crippen LogP contribution in [0, 0.1) is 0 Å². The van der Waals surface area contributed by atoms with Gasteiger partial charge in [-0.1, -0.05) is 11.2 Å². The molecule has 9 heteroatoms. The third kappa shape index (κ3) is 5.16. The van der Waals surface area contributed by atoms with E-state index in [1.54, 1.807) is 11.3 Å². The molecule has 0 spiro atoms. The highest BCUT2D eigenvalue weighted by Crippen LogP contribution is 2.21. The fraction of sp³-hybridized carbons (Fsp3) is 0.632. The van der Waals surface area contributed by atoms with Crippen molar-refractivity contribution in [1.29, 1.82) is 0 Å². The monoisotopic (exact) mass is 405 g/mol. The van der Waals surface area contributed by atoms with Crippen molar-refractivity contribution in [2.75, 3.05) is 65.6 Å². The lowest BCUT2D eigenvalue weighted by molar-refractivity contribution is -0.135. The first-order valence-corrected chi connectivity index (χ1v) is 10.8. The average molecular weight is 406 g/mol. The number of aryl methyl sites for hydroxylation is 1. The van der Waals surface area contributed by atoms with E-state index in [0.29, 0.717) is 18.3 Å². The number of aromatic nitrogens is 2. The largest absolute Gasteiger partial charge is 0.379 e. The van der Waals surface area contributed by atoms with Crippen LogP contribution in [0.1, 0.15) is 12.3 Å². The number of carbonyl (C=O) groups is 1. The first kappa shape index (κ1) is 19.5. The molecule has 2 aromatic heterocycles. The maximum Gasteiger partial charge on any atom is 0.236 e. The van der Waals surface area contributed by atoms with Crippen molar-refractivity contribution in [3.05, 3.63) is 23.4 Å². The normalized spacial score (nSPS) is 19.2. The Morgan fingerprint density at radius 3 is 2.68 bits per heavy atom. The van der Waals surface area contributed by atoms with Gasteiger partial charge in [0.05, 0.1) is 24.6 Å². The lowest BCUT2D eigenvalue weighted by Gasteiger charge is -2.36. The quantitative estimate of drug-likeness (QED) is 0.685. The number of rotatable bonds is 7. The van der Waals surface area contributed by atoms with Crippen LogP contribution in [-0.2, 0) is 16.0 Å². The number of hydrogen-bond donors (Lipinski definition) is 0. The molecule has 0 atom stereocenters. The Labute approximate surface area is 169 Å². The van der Waals surface area contributed by atoms with Crippen molar-refractivity contribution in [3.8, 4) is 10.7 Å². The molecular formula is C19H27N5O3S. The maximum absolute atomic E-state index is 12.5. The van der Waals surface area contributed by atoms with Gasteiger partial charge in [-0.3, -0.25) is 14.6 Å². The van der Waals surface area contributed by atoms with Gasteiger partial charge in [0.25, 0.3) is 0 Å². The van der Waals surface area contributed by atoms with Crippen LogP contribution in [0.4, 0.5) is 0 Å². The minimum atomic E-state index is 0.244. The number of piperazine rings is 1. The van der Waals surface area contributed by atoms with Gasteiger partial charge in [-0.15, -0.1) is 11.3 Å². The molecule has 2 fully saturated rings. The Morgan fingerprint density at radius 1 is 1.11 bits per heavy atom. The van der Waals surface area contributed by atoms with Crippen molar-refractivity contribution in [2.45, 2.75) is 12.8 Å². The van der Waals surface area contributed by atoms with E-state index < -0.39 is 0 Å². The van der Waals surface area contributed by atoms with E-state index in [9.17, 15) is 4.79 Å². The summed E-state index contributed by atoms with van der Waals surface area (Å²) in [6.45, 7) is 8.17. The van der Waals surface area contributed by atoms with Gasteiger partial charge >= 0.3 is 0 Å². The highest BCUT2D eigenvalue weighted by Gasteiger charge is 2.23. The van der Waals surface area contributed by atoms with Crippen molar-refractivity contribution in [3.63, 3.8) is 0 Å². The van der Waals surface area contributed by atoms with E-state index in [1.807, 2.05) is 22.4 Å². The summed E-state index contributed by atoms with van der Waals surface area (Å²) in [5.74, 6) is 1.62. The van der Waals surface area contributed by atoms with Crippen LogP contribution in [0.25, 0.3) is 10.7 Å². The Morgan fingerprint density at radius 2 is 1.93 bits per heavy atom. The number of nitrogens with zero attached hydrogens (tertiary/aromatic N) is 5. The Kier molecular flexibility index (Phi) is 6.69. The van der Waals surface area contributed by atoms with Gasteiger partial charge in [-0.05, 0) is 24.4 Å². The Balaban J connectivity index is 1.14. The summed E-state index contributed by atoms with van der Waals surface area (Å²) in [5.41, 5.74) is 0. The van der Waals surface area contributed by atoms with Gasteiger partial charge < -0.3 is 14.2 Å². The molecule has 0 bridgehead atoms. The van der Waals surface area contributed by atoms with Gasteiger partial charge in [0.2, 0.25) is 17.6 Å². The summed E-state index contributed by atoms with van der Waals surface area (Å²) in [7, 11) is 0. The number of amides is 1. The first-order valence-electron chi connectivity index (χ1n) is 9.94. The number of thiophene rings is 1. The summed E-state index contributed by atoms with van der Waals surface area (Å²) < 4.78 is 10.7. The molecule has 4 rings (SSSR count). The lowest BCUT2D eigenvalue weighted by Crippen LogP contribution is -2.52. The van der Waals surface area contributed by atoms with Crippen LogP contribution in [0.3, 0.4) is 0 Å². The van der Waals surface area contributed by atoms with Gasteiger partial charge in [0.1, 0.15) is 0 Å². The zero-order chi connectivity index (χ0) is 19.2. The zero-order valence-electron chi connectivity index (χ0n) is 16.1. The lowest BCUT2D eigenvalue weighted by atomic mass is 10.2. The highest BCUT2D eigenvalue weighted by molar-refractivity contribution is 7.13. The second kappa shape index (κ2) is 9.60. The maximum atomic E-state index is 12.5. The van der Waals surface area contributed by atoms with E-state index in [1.165, 1.54) is 0 Å². The Bertz CT molecular complexity index is 737. The van der Waals surface area contributed by atoms with Crippen molar-refractivity contribution in [1.82, 2.24) is 24.8 Å². The summed E-state index contributed by atoms with van der Waals surface area (Å²) in [4.78, 5) is 24.6. The van der Waals surface area contributed by atoms with Gasteiger partial charge in [0, 0.05) is 45.7 Å². The third-order valence-corrected chi connectivity index (χ3v) is 6.13. The van der Waals surface area contributed by atoms with Gasteiger partial charge in [0.15, 0.2) is 0 Å². The van der Waals surface area contributed by atoms with Crippen molar-refractivity contribution >= 4 is 17.2 Å². The molecule has 0 unspecified atom stereocenters. The molecule has 152 valence electrons. The molecule has 8 nitrogen and oxygen atoms in total. The molecule has 0 N–H and O–H groups in total. The zero-order valence-corrected chi connectivity index (χ0v) is 16.9. The van der Waals surface area contributed by atoms with Crippen molar-refractivity contribution in [2.24, 2.45) is 0 Å². The topological polar surface area (TPSA) is 74.9 Å². The van der Waals surface area contributed by atoms with Gasteiger partial charge in [-0.25, -0.2) is 0 Å². The third-order valence-electron chi connectivity index (χ3n) is 5.26. The van der Waals surface area contributed by atoms with Crippen LogP contribution >= 0.6 is 11.3 Å². The molecule has 4 heterocycles. The van der Waals surface area contributed by atoms with Crippen molar-refractivity contribution < 1.29 is 14.1 Å². The summed E-state index contributed by atoms with van der Waals surface area (Å²) in [6, 6.07) is 3.99. The molecular weight excluding hydrogens is 378 g/mol. The molecule has 1 amide bonds. The van der Waals surface area contributed by atoms with E-state index in [-0.39, 0.29) is 5.91 Å². The predicted molar refractivity (Wildman–Crippen MR) is 106 cm³/mol. The molecule has 2 aliphatic rings. The number of ether oxygens (including phenoxy) is 1. The summed E-state index contributed by atoms with van der Waals surface area (Å²) in [5, 5.41) is 6.07.